The second-order valence-corrected chi connectivity index (χ2v) is 8.40. The summed E-state index contributed by atoms with van der Waals surface area (Å²) in [4.78, 5) is 19.6. The van der Waals surface area contributed by atoms with Crippen molar-refractivity contribution in [2.24, 2.45) is 0 Å². The van der Waals surface area contributed by atoms with E-state index in [1.54, 1.807) is 12.0 Å². The average Bonchev–Trinajstić information content (AvgIpc) is 3.40. The maximum Gasteiger partial charge on any atom is 0.227 e. The lowest BCUT2D eigenvalue weighted by Crippen LogP contribution is -2.25. The molecule has 3 aromatic carbocycles. The van der Waals surface area contributed by atoms with Crippen molar-refractivity contribution in [2.75, 3.05) is 25.2 Å². The Labute approximate surface area is 197 Å². The molecule has 2 heterocycles. The summed E-state index contributed by atoms with van der Waals surface area (Å²) >= 11 is 6.37. The molecule has 1 fully saturated rings. The maximum absolute atomic E-state index is 12.9. The van der Waals surface area contributed by atoms with Crippen LogP contribution in [-0.4, -0.2) is 35.7 Å². The molecule has 0 unspecified atom stereocenters. The predicted molar refractivity (Wildman–Crippen MR) is 129 cm³/mol. The minimum absolute atomic E-state index is 0.0258. The first-order valence-electron chi connectivity index (χ1n) is 10.9. The number of carbonyl (C=O) groups is 1. The van der Waals surface area contributed by atoms with Crippen LogP contribution >= 0.6 is 11.6 Å². The Kier molecular flexibility index (Phi) is 5.92. The molecule has 0 saturated carbocycles. The molecule has 1 saturated heterocycles. The van der Waals surface area contributed by atoms with E-state index in [-0.39, 0.29) is 11.8 Å². The second-order valence-electron chi connectivity index (χ2n) is 7.99. The van der Waals surface area contributed by atoms with Gasteiger partial charge in [0, 0.05) is 18.9 Å². The number of hydrogen-bond donors (Lipinski definition) is 0. The smallest absolute Gasteiger partial charge is 0.227 e. The largest absolute Gasteiger partial charge is 0.497 e. The molecule has 6 nitrogen and oxygen atoms in total. The van der Waals surface area contributed by atoms with E-state index >= 15 is 0 Å². The molecule has 4 aromatic rings. The molecule has 1 aromatic heterocycles. The fourth-order valence-electron chi connectivity index (χ4n) is 4.35. The van der Waals surface area contributed by atoms with Gasteiger partial charge in [0.2, 0.25) is 5.91 Å². The van der Waals surface area contributed by atoms with Gasteiger partial charge in [-0.1, -0.05) is 35.9 Å². The Bertz CT molecular complexity index is 1290. The molecule has 7 heteroatoms. The van der Waals surface area contributed by atoms with E-state index in [1.807, 2.05) is 66.7 Å². The zero-order valence-corrected chi connectivity index (χ0v) is 19.0. The molecular weight excluding hydrogens is 438 g/mol. The number of halogens is 1. The van der Waals surface area contributed by atoms with Gasteiger partial charge in [-0.15, -0.1) is 0 Å². The lowest BCUT2D eigenvalue weighted by Gasteiger charge is -2.18. The normalized spacial score (nSPS) is 15.9. The number of imidazole rings is 1. The van der Waals surface area contributed by atoms with Gasteiger partial charge in [0.15, 0.2) is 0 Å². The van der Waals surface area contributed by atoms with Crippen LogP contribution in [0.2, 0.25) is 5.02 Å². The molecule has 0 bridgehead atoms. The van der Waals surface area contributed by atoms with Crippen molar-refractivity contribution < 1.29 is 14.3 Å². The van der Waals surface area contributed by atoms with E-state index < -0.39 is 0 Å². The fraction of sp³-hybridized carbons (Fsp3) is 0.231. The monoisotopic (exact) mass is 461 g/mol. The van der Waals surface area contributed by atoms with Crippen molar-refractivity contribution in [1.29, 1.82) is 0 Å². The third-order valence-electron chi connectivity index (χ3n) is 5.96. The molecule has 5 rings (SSSR count). The standard InChI is InChI=1S/C26H24ClN3O3/c1-32-19-10-12-20(13-11-19)33-15-14-29-24-9-5-3-7-22(24)28-26(29)18-16-25(31)30(17-18)23-8-4-2-6-21(23)27/h2-13,18H,14-17H2,1H3/t18-/m0/s1. The Balaban J connectivity index is 1.38. The highest BCUT2D eigenvalue weighted by molar-refractivity contribution is 6.33. The number of benzene rings is 3. The molecule has 33 heavy (non-hydrogen) atoms. The molecule has 1 amide bonds. The maximum atomic E-state index is 12.9. The highest BCUT2D eigenvalue weighted by Crippen LogP contribution is 2.36. The third kappa shape index (κ3) is 4.26. The topological polar surface area (TPSA) is 56.6 Å². The Morgan fingerprint density at radius 1 is 1.00 bits per heavy atom. The number of ether oxygens (including phenoxy) is 2. The van der Waals surface area contributed by atoms with Crippen LogP contribution in [0.4, 0.5) is 5.69 Å². The highest BCUT2D eigenvalue weighted by atomic mass is 35.5. The minimum Gasteiger partial charge on any atom is -0.497 e. The van der Waals surface area contributed by atoms with Crippen LogP contribution in [-0.2, 0) is 11.3 Å². The molecule has 168 valence electrons. The van der Waals surface area contributed by atoms with Gasteiger partial charge in [-0.2, -0.15) is 0 Å². The number of hydrogen-bond acceptors (Lipinski definition) is 4. The summed E-state index contributed by atoms with van der Waals surface area (Å²) in [5, 5.41) is 0.577. The van der Waals surface area contributed by atoms with Crippen LogP contribution in [0.5, 0.6) is 11.5 Å². The number of nitrogens with zero attached hydrogens (tertiary/aromatic N) is 3. The summed E-state index contributed by atoms with van der Waals surface area (Å²) in [6, 6.07) is 23.0. The summed E-state index contributed by atoms with van der Waals surface area (Å²) in [7, 11) is 1.64. The molecule has 1 aliphatic heterocycles. The summed E-state index contributed by atoms with van der Waals surface area (Å²) in [6.07, 6.45) is 0.397. The van der Waals surface area contributed by atoms with Crippen LogP contribution in [0.15, 0.2) is 72.8 Å². The first-order chi connectivity index (χ1) is 16.1. The molecule has 1 aliphatic rings. The molecule has 1 atom stereocenters. The van der Waals surface area contributed by atoms with E-state index in [1.165, 1.54) is 0 Å². The van der Waals surface area contributed by atoms with E-state index in [9.17, 15) is 4.79 Å². The second kappa shape index (κ2) is 9.16. The van der Waals surface area contributed by atoms with E-state index in [2.05, 4.69) is 10.6 Å². The number of amides is 1. The number of methoxy groups -OCH3 is 1. The first-order valence-corrected chi connectivity index (χ1v) is 11.3. The molecule has 0 radical (unpaired) electrons. The van der Waals surface area contributed by atoms with Crippen LogP contribution in [0, 0.1) is 0 Å². The number of aromatic nitrogens is 2. The van der Waals surface area contributed by atoms with Gasteiger partial charge in [-0.05, 0) is 48.5 Å². The summed E-state index contributed by atoms with van der Waals surface area (Å²) in [5.41, 5.74) is 2.70. The number of carbonyl (C=O) groups excluding carboxylic acids is 1. The first kappa shape index (κ1) is 21.3. The van der Waals surface area contributed by atoms with E-state index in [4.69, 9.17) is 26.1 Å². The van der Waals surface area contributed by atoms with Gasteiger partial charge in [-0.25, -0.2) is 4.98 Å². The van der Waals surface area contributed by atoms with Crippen molar-refractivity contribution >= 4 is 34.2 Å². The van der Waals surface area contributed by atoms with E-state index in [0.29, 0.717) is 31.1 Å². The predicted octanol–water partition coefficient (Wildman–Crippen LogP) is 5.30. The van der Waals surface area contributed by atoms with Crippen molar-refractivity contribution in [3.05, 3.63) is 83.6 Å². The lowest BCUT2D eigenvalue weighted by atomic mass is 10.1. The van der Waals surface area contributed by atoms with Gasteiger partial charge in [-0.3, -0.25) is 4.79 Å². The van der Waals surface area contributed by atoms with Crippen LogP contribution in [0.25, 0.3) is 11.0 Å². The summed E-state index contributed by atoms with van der Waals surface area (Å²) < 4.78 is 13.3. The van der Waals surface area contributed by atoms with Crippen molar-refractivity contribution in [3.63, 3.8) is 0 Å². The Morgan fingerprint density at radius 3 is 2.52 bits per heavy atom. The van der Waals surface area contributed by atoms with Crippen LogP contribution in [0.3, 0.4) is 0 Å². The van der Waals surface area contributed by atoms with Crippen molar-refractivity contribution in [2.45, 2.75) is 18.9 Å². The van der Waals surface area contributed by atoms with Gasteiger partial charge in [0.25, 0.3) is 0 Å². The zero-order valence-electron chi connectivity index (χ0n) is 18.3. The van der Waals surface area contributed by atoms with Crippen LogP contribution in [0.1, 0.15) is 18.2 Å². The number of fused-ring (bicyclic) bond motifs is 1. The van der Waals surface area contributed by atoms with Crippen molar-refractivity contribution in [1.82, 2.24) is 9.55 Å². The Morgan fingerprint density at radius 2 is 1.73 bits per heavy atom. The third-order valence-corrected chi connectivity index (χ3v) is 6.28. The van der Waals surface area contributed by atoms with E-state index in [0.717, 1.165) is 34.0 Å². The quantitative estimate of drug-likeness (QED) is 0.375. The molecule has 0 aliphatic carbocycles. The highest BCUT2D eigenvalue weighted by Gasteiger charge is 2.35. The van der Waals surface area contributed by atoms with Crippen molar-refractivity contribution in [3.8, 4) is 11.5 Å². The minimum atomic E-state index is -0.0258. The summed E-state index contributed by atoms with van der Waals surface area (Å²) in [5.74, 6) is 2.50. The van der Waals surface area contributed by atoms with Gasteiger partial charge >= 0.3 is 0 Å². The van der Waals surface area contributed by atoms with Gasteiger partial charge < -0.3 is 18.9 Å². The van der Waals surface area contributed by atoms with Gasteiger partial charge in [0.1, 0.15) is 23.9 Å². The lowest BCUT2D eigenvalue weighted by molar-refractivity contribution is -0.117. The SMILES string of the molecule is COc1ccc(OCCn2c([C@H]3CC(=O)N(c4ccccc4Cl)C3)nc3ccccc32)cc1. The average molecular weight is 462 g/mol. The number of rotatable bonds is 7. The molecule has 0 spiro atoms. The Hall–Kier alpha value is -3.51. The fourth-order valence-corrected chi connectivity index (χ4v) is 4.59. The molecule has 0 N–H and O–H groups in total. The number of para-hydroxylation sites is 3. The zero-order chi connectivity index (χ0) is 22.8. The molecular formula is C26H24ClN3O3. The van der Waals surface area contributed by atoms with Crippen LogP contribution < -0.4 is 14.4 Å². The van der Waals surface area contributed by atoms with Gasteiger partial charge in [0.05, 0.1) is 35.4 Å². The number of anilines is 1. The summed E-state index contributed by atoms with van der Waals surface area (Å²) in [6.45, 7) is 1.65.